The number of amides is 2. The van der Waals surface area contributed by atoms with Crippen molar-refractivity contribution in [3.8, 4) is 0 Å². The van der Waals surface area contributed by atoms with E-state index < -0.39 is 0 Å². The second-order valence-electron chi connectivity index (χ2n) is 7.02. The molecule has 24 heavy (non-hydrogen) atoms. The molecule has 3 atom stereocenters. The zero-order valence-corrected chi connectivity index (χ0v) is 15.0. The van der Waals surface area contributed by atoms with Gasteiger partial charge in [0.25, 0.3) is 11.8 Å². The Bertz CT molecular complexity index is 556. The average molecular weight is 332 g/mol. The fourth-order valence-corrected chi connectivity index (χ4v) is 3.39. The molecule has 1 aromatic carbocycles. The van der Waals surface area contributed by atoms with Crippen LogP contribution in [0.2, 0.25) is 0 Å². The standard InChI is InChI=1S/C19H29N3O2/c1-14-6-4-5-7-17(14)21-18(23)13-22(3)12-15-8-10-16(11-9-15)19(24)20-2/h8-11,14,17H,4-7,12-13H2,1-3H3,(H,20,24)(H,21,23)/p+1/t14-,17-/m1/s1. The van der Waals surface area contributed by atoms with E-state index in [9.17, 15) is 9.59 Å². The Hall–Kier alpha value is -1.88. The third kappa shape index (κ3) is 5.34. The molecular weight excluding hydrogens is 302 g/mol. The molecule has 0 spiro atoms. The Morgan fingerprint density at radius 3 is 2.46 bits per heavy atom. The van der Waals surface area contributed by atoms with Crippen molar-refractivity contribution in [2.75, 3.05) is 20.6 Å². The van der Waals surface area contributed by atoms with Gasteiger partial charge in [0.2, 0.25) is 0 Å². The van der Waals surface area contributed by atoms with Crippen LogP contribution in [0.25, 0.3) is 0 Å². The SMILES string of the molecule is CNC(=O)c1ccc(C[NH+](C)CC(=O)N[C@@H]2CCCC[C@H]2C)cc1. The summed E-state index contributed by atoms with van der Waals surface area (Å²) in [6.45, 7) is 3.47. The van der Waals surface area contributed by atoms with Gasteiger partial charge in [0, 0.05) is 24.2 Å². The molecule has 0 saturated heterocycles. The molecule has 5 heteroatoms. The molecule has 2 rings (SSSR count). The lowest BCUT2D eigenvalue weighted by molar-refractivity contribution is -0.885. The minimum atomic E-state index is -0.0803. The minimum Gasteiger partial charge on any atom is -0.355 e. The van der Waals surface area contributed by atoms with E-state index in [0.29, 0.717) is 24.1 Å². The van der Waals surface area contributed by atoms with E-state index in [4.69, 9.17) is 0 Å². The van der Waals surface area contributed by atoms with Crippen LogP contribution in [0.15, 0.2) is 24.3 Å². The maximum atomic E-state index is 12.3. The van der Waals surface area contributed by atoms with E-state index in [-0.39, 0.29) is 11.8 Å². The number of hydrogen-bond donors (Lipinski definition) is 3. The first kappa shape index (κ1) is 18.5. The highest BCUT2D eigenvalue weighted by Gasteiger charge is 2.23. The van der Waals surface area contributed by atoms with Crippen molar-refractivity contribution < 1.29 is 14.5 Å². The fourth-order valence-electron chi connectivity index (χ4n) is 3.39. The molecule has 2 amide bonds. The largest absolute Gasteiger partial charge is 0.355 e. The lowest BCUT2D eigenvalue weighted by Crippen LogP contribution is -3.09. The van der Waals surface area contributed by atoms with Crippen LogP contribution in [0.1, 0.15) is 48.5 Å². The minimum absolute atomic E-state index is 0.0803. The molecule has 0 bridgehead atoms. The van der Waals surface area contributed by atoms with Crippen molar-refractivity contribution in [2.45, 2.75) is 45.2 Å². The highest BCUT2D eigenvalue weighted by atomic mass is 16.2. The predicted molar refractivity (Wildman–Crippen MR) is 94.9 cm³/mol. The molecule has 0 radical (unpaired) electrons. The molecular formula is C19H30N3O2+. The maximum Gasteiger partial charge on any atom is 0.275 e. The third-order valence-electron chi connectivity index (χ3n) is 4.87. The van der Waals surface area contributed by atoms with E-state index in [1.54, 1.807) is 7.05 Å². The normalized spacial score (nSPS) is 21.8. The van der Waals surface area contributed by atoms with Gasteiger partial charge in [-0.3, -0.25) is 9.59 Å². The summed E-state index contributed by atoms with van der Waals surface area (Å²) in [5.41, 5.74) is 1.78. The smallest absolute Gasteiger partial charge is 0.275 e. The van der Waals surface area contributed by atoms with Crippen molar-refractivity contribution >= 4 is 11.8 Å². The number of benzene rings is 1. The molecule has 3 N–H and O–H groups in total. The zero-order chi connectivity index (χ0) is 17.5. The lowest BCUT2D eigenvalue weighted by atomic mass is 9.86. The molecule has 1 aromatic rings. The van der Waals surface area contributed by atoms with E-state index >= 15 is 0 Å². The van der Waals surface area contributed by atoms with E-state index in [1.807, 2.05) is 31.3 Å². The van der Waals surface area contributed by atoms with Crippen LogP contribution in [0, 0.1) is 5.92 Å². The quantitative estimate of drug-likeness (QED) is 0.720. The summed E-state index contributed by atoms with van der Waals surface area (Å²) in [5, 5.41) is 5.82. The number of rotatable bonds is 6. The molecule has 1 aliphatic rings. The maximum absolute atomic E-state index is 12.3. The first-order chi connectivity index (χ1) is 11.5. The number of carbonyl (C=O) groups is 2. The summed E-state index contributed by atoms with van der Waals surface area (Å²) in [7, 11) is 3.65. The van der Waals surface area contributed by atoms with Gasteiger partial charge in [0.1, 0.15) is 6.54 Å². The third-order valence-corrected chi connectivity index (χ3v) is 4.87. The summed E-state index contributed by atoms with van der Waals surface area (Å²) in [4.78, 5) is 24.9. The molecule has 5 nitrogen and oxygen atoms in total. The molecule has 1 unspecified atom stereocenters. The number of hydrogen-bond acceptors (Lipinski definition) is 2. The highest BCUT2D eigenvalue weighted by molar-refractivity contribution is 5.93. The van der Waals surface area contributed by atoms with Gasteiger partial charge in [-0.05, 0) is 30.9 Å². The first-order valence-corrected chi connectivity index (χ1v) is 8.91. The van der Waals surface area contributed by atoms with Crippen LogP contribution in [-0.4, -0.2) is 38.5 Å². The zero-order valence-electron chi connectivity index (χ0n) is 15.0. The summed E-state index contributed by atoms with van der Waals surface area (Å²) in [6.07, 6.45) is 4.82. The van der Waals surface area contributed by atoms with Crippen molar-refractivity contribution in [2.24, 2.45) is 5.92 Å². The number of carbonyl (C=O) groups excluding carboxylic acids is 2. The van der Waals surface area contributed by atoms with Crippen molar-refractivity contribution in [3.63, 3.8) is 0 Å². The van der Waals surface area contributed by atoms with Crippen LogP contribution in [0.4, 0.5) is 0 Å². The second-order valence-corrected chi connectivity index (χ2v) is 7.02. The average Bonchev–Trinajstić information content (AvgIpc) is 2.56. The van der Waals surface area contributed by atoms with E-state index in [2.05, 4.69) is 17.6 Å². The molecule has 132 valence electrons. The van der Waals surface area contributed by atoms with Gasteiger partial charge >= 0.3 is 0 Å². The van der Waals surface area contributed by atoms with Gasteiger partial charge in [-0.25, -0.2) is 0 Å². The summed E-state index contributed by atoms with van der Waals surface area (Å²) in [6, 6.07) is 7.90. The Morgan fingerprint density at radius 2 is 1.83 bits per heavy atom. The molecule has 1 fully saturated rings. The van der Waals surface area contributed by atoms with Crippen LogP contribution in [-0.2, 0) is 11.3 Å². The number of likely N-dealkylation sites (N-methyl/N-ethyl adjacent to an activating group) is 1. The molecule has 0 heterocycles. The van der Waals surface area contributed by atoms with Gasteiger partial charge in [-0.15, -0.1) is 0 Å². The lowest BCUT2D eigenvalue weighted by Gasteiger charge is -2.29. The van der Waals surface area contributed by atoms with Crippen molar-refractivity contribution in [1.29, 1.82) is 0 Å². The Kier molecular flexibility index (Phi) is 6.79. The van der Waals surface area contributed by atoms with Crippen LogP contribution in [0.3, 0.4) is 0 Å². The van der Waals surface area contributed by atoms with E-state index in [0.717, 1.165) is 23.4 Å². The first-order valence-electron chi connectivity index (χ1n) is 8.91. The molecule has 1 saturated carbocycles. The van der Waals surface area contributed by atoms with E-state index in [1.165, 1.54) is 19.3 Å². The molecule has 0 aromatic heterocycles. The monoisotopic (exact) mass is 332 g/mol. The number of nitrogens with one attached hydrogen (secondary N) is 3. The van der Waals surface area contributed by atoms with Crippen LogP contribution in [0.5, 0.6) is 0 Å². The summed E-state index contributed by atoms with van der Waals surface area (Å²) >= 11 is 0. The van der Waals surface area contributed by atoms with Crippen LogP contribution < -0.4 is 15.5 Å². The Morgan fingerprint density at radius 1 is 1.17 bits per heavy atom. The van der Waals surface area contributed by atoms with Crippen molar-refractivity contribution in [3.05, 3.63) is 35.4 Å². The van der Waals surface area contributed by atoms with Gasteiger partial charge in [-0.2, -0.15) is 0 Å². The van der Waals surface area contributed by atoms with Crippen LogP contribution >= 0.6 is 0 Å². The van der Waals surface area contributed by atoms with Crippen molar-refractivity contribution in [1.82, 2.24) is 10.6 Å². The fraction of sp³-hybridized carbons (Fsp3) is 0.579. The number of quaternary nitrogens is 1. The predicted octanol–water partition coefficient (Wildman–Crippen LogP) is 0.756. The Labute approximate surface area is 144 Å². The van der Waals surface area contributed by atoms with Gasteiger partial charge in [-0.1, -0.05) is 31.9 Å². The van der Waals surface area contributed by atoms with Gasteiger partial charge in [0.15, 0.2) is 6.54 Å². The molecule has 0 aliphatic heterocycles. The Balaban J connectivity index is 1.80. The second kappa shape index (κ2) is 8.83. The highest BCUT2D eigenvalue weighted by Crippen LogP contribution is 2.23. The summed E-state index contributed by atoms with van der Waals surface area (Å²) in [5.74, 6) is 0.636. The van der Waals surface area contributed by atoms with Gasteiger partial charge < -0.3 is 15.5 Å². The van der Waals surface area contributed by atoms with Gasteiger partial charge in [0.05, 0.1) is 7.05 Å². The summed E-state index contributed by atoms with van der Waals surface area (Å²) < 4.78 is 0. The molecule has 1 aliphatic carbocycles. The topological polar surface area (TPSA) is 62.6 Å².